The van der Waals surface area contributed by atoms with E-state index in [0.717, 1.165) is 49.4 Å². The van der Waals surface area contributed by atoms with Crippen molar-refractivity contribution in [2.24, 2.45) is 0 Å². The highest BCUT2D eigenvalue weighted by Gasteiger charge is 2.22. The van der Waals surface area contributed by atoms with Gasteiger partial charge in [-0.05, 0) is 62.9 Å². The first-order chi connectivity index (χ1) is 13.5. The minimum absolute atomic E-state index is 0.0370. The van der Waals surface area contributed by atoms with E-state index in [1.165, 1.54) is 11.1 Å². The van der Waals surface area contributed by atoms with Gasteiger partial charge in [-0.1, -0.05) is 35.4 Å². The van der Waals surface area contributed by atoms with Crippen LogP contribution >= 0.6 is 11.6 Å². The van der Waals surface area contributed by atoms with Gasteiger partial charge in [-0.2, -0.15) is 0 Å². The van der Waals surface area contributed by atoms with Crippen LogP contribution in [0.2, 0.25) is 5.02 Å². The molecule has 1 heterocycles. The molecular weight excluding hydrogens is 372 g/mol. The predicted octanol–water partition coefficient (Wildman–Crippen LogP) is 4.75. The van der Waals surface area contributed by atoms with Crippen LogP contribution in [-0.2, 0) is 6.54 Å². The monoisotopic (exact) mass is 400 g/mol. The van der Waals surface area contributed by atoms with Gasteiger partial charge in [0, 0.05) is 31.2 Å². The van der Waals surface area contributed by atoms with E-state index >= 15 is 0 Å². The summed E-state index contributed by atoms with van der Waals surface area (Å²) < 4.78 is 5.59. The summed E-state index contributed by atoms with van der Waals surface area (Å²) >= 11 is 6.18. The Morgan fingerprint density at radius 3 is 2.61 bits per heavy atom. The SMILES string of the molecule is CCOc1cc(CN2CCC(NC(=O)c3ccc(C)cc3C)CC2)ccc1Cl. The zero-order valence-electron chi connectivity index (χ0n) is 16.9. The van der Waals surface area contributed by atoms with Crippen molar-refractivity contribution in [3.05, 3.63) is 63.7 Å². The van der Waals surface area contributed by atoms with Crippen molar-refractivity contribution in [2.45, 2.75) is 46.2 Å². The predicted molar refractivity (Wildman–Crippen MR) is 114 cm³/mol. The van der Waals surface area contributed by atoms with Crippen LogP contribution in [0.1, 0.15) is 46.8 Å². The third-order valence-corrected chi connectivity index (χ3v) is 5.56. The van der Waals surface area contributed by atoms with Crippen molar-refractivity contribution >= 4 is 17.5 Å². The van der Waals surface area contributed by atoms with E-state index in [0.29, 0.717) is 11.6 Å². The summed E-state index contributed by atoms with van der Waals surface area (Å²) in [7, 11) is 0. The van der Waals surface area contributed by atoms with Crippen LogP contribution in [0.25, 0.3) is 0 Å². The van der Waals surface area contributed by atoms with E-state index in [4.69, 9.17) is 16.3 Å². The molecule has 2 aromatic carbocycles. The minimum atomic E-state index is 0.0370. The van der Waals surface area contributed by atoms with Gasteiger partial charge in [-0.3, -0.25) is 9.69 Å². The fourth-order valence-electron chi connectivity index (χ4n) is 3.74. The molecule has 4 nitrogen and oxygen atoms in total. The number of hydrogen-bond donors (Lipinski definition) is 1. The van der Waals surface area contributed by atoms with E-state index in [1.54, 1.807) is 0 Å². The molecule has 0 bridgehead atoms. The van der Waals surface area contributed by atoms with Crippen LogP contribution in [0.15, 0.2) is 36.4 Å². The first-order valence-electron chi connectivity index (χ1n) is 9.98. The summed E-state index contributed by atoms with van der Waals surface area (Å²) in [6.45, 7) is 9.40. The van der Waals surface area contributed by atoms with Gasteiger partial charge in [0.15, 0.2) is 0 Å². The van der Waals surface area contributed by atoms with E-state index < -0.39 is 0 Å². The van der Waals surface area contributed by atoms with Crippen LogP contribution in [0.3, 0.4) is 0 Å². The number of piperidine rings is 1. The molecule has 1 aliphatic heterocycles. The molecule has 0 spiro atoms. The van der Waals surface area contributed by atoms with Gasteiger partial charge in [0.2, 0.25) is 0 Å². The van der Waals surface area contributed by atoms with Crippen LogP contribution < -0.4 is 10.1 Å². The van der Waals surface area contributed by atoms with Gasteiger partial charge in [-0.25, -0.2) is 0 Å². The fourth-order valence-corrected chi connectivity index (χ4v) is 3.91. The molecule has 0 aromatic heterocycles. The van der Waals surface area contributed by atoms with Crippen molar-refractivity contribution in [1.29, 1.82) is 0 Å². The van der Waals surface area contributed by atoms with E-state index in [-0.39, 0.29) is 11.9 Å². The van der Waals surface area contributed by atoms with E-state index in [2.05, 4.69) is 22.3 Å². The van der Waals surface area contributed by atoms with Gasteiger partial charge in [0.1, 0.15) is 5.75 Å². The standard InChI is InChI=1S/C23H29ClN2O2/c1-4-28-22-14-18(6-8-21(22)24)15-26-11-9-19(10-12-26)25-23(27)20-7-5-16(2)13-17(20)3/h5-8,13-14,19H,4,9-12,15H2,1-3H3,(H,25,27). The normalized spacial score (nSPS) is 15.4. The number of nitrogens with one attached hydrogen (secondary N) is 1. The lowest BCUT2D eigenvalue weighted by molar-refractivity contribution is 0.0908. The fraction of sp³-hybridized carbons (Fsp3) is 0.435. The number of halogens is 1. The Labute approximate surface area is 172 Å². The summed E-state index contributed by atoms with van der Waals surface area (Å²) in [6.07, 6.45) is 1.92. The van der Waals surface area contributed by atoms with Crippen LogP contribution in [0.4, 0.5) is 0 Å². The second kappa shape index (κ2) is 9.44. The molecular formula is C23H29ClN2O2. The molecule has 2 aromatic rings. The average Bonchev–Trinajstić information content (AvgIpc) is 2.66. The topological polar surface area (TPSA) is 41.6 Å². The van der Waals surface area contributed by atoms with Gasteiger partial charge in [0.05, 0.1) is 11.6 Å². The Balaban J connectivity index is 1.52. The van der Waals surface area contributed by atoms with Gasteiger partial charge in [-0.15, -0.1) is 0 Å². The molecule has 150 valence electrons. The van der Waals surface area contributed by atoms with Crippen molar-refractivity contribution in [3.8, 4) is 5.75 Å². The maximum Gasteiger partial charge on any atom is 0.251 e. The molecule has 0 radical (unpaired) electrons. The maximum absolute atomic E-state index is 12.6. The summed E-state index contributed by atoms with van der Waals surface area (Å²) in [4.78, 5) is 15.0. The lowest BCUT2D eigenvalue weighted by Crippen LogP contribution is -2.44. The lowest BCUT2D eigenvalue weighted by Gasteiger charge is -2.32. The summed E-state index contributed by atoms with van der Waals surface area (Å²) in [5.41, 5.74) is 4.18. The Morgan fingerprint density at radius 1 is 1.18 bits per heavy atom. The number of aryl methyl sites for hydroxylation is 2. The smallest absolute Gasteiger partial charge is 0.251 e. The third kappa shape index (κ3) is 5.27. The quantitative estimate of drug-likeness (QED) is 0.760. The molecule has 0 saturated carbocycles. The number of carbonyl (C=O) groups is 1. The average molecular weight is 401 g/mol. The van der Waals surface area contributed by atoms with Gasteiger partial charge in [0.25, 0.3) is 5.91 Å². The number of amides is 1. The zero-order valence-corrected chi connectivity index (χ0v) is 17.7. The number of nitrogens with zero attached hydrogens (tertiary/aromatic N) is 1. The minimum Gasteiger partial charge on any atom is -0.492 e. The second-order valence-electron chi connectivity index (χ2n) is 7.54. The van der Waals surface area contributed by atoms with Crippen LogP contribution in [-0.4, -0.2) is 36.5 Å². The zero-order chi connectivity index (χ0) is 20.1. The summed E-state index contributed by atoms with van der Waals surface area (Å²) in [5, 5.41) is 3.86. The molecule has 0 atom stereocenters. The van der Waals surface area contributed by atoms with Gasteiger partial charge < -0.3 is 10.1 Å². The largest absolute Gasteiger partial charge is 0.492 e. The number of likely N-dealkylation sites (tertiary alicyclic amines) is 1. The molecule has 1 saturated heterocycles. The Kier molecular flexibility index (Phi) is 6.97. The molecule has 5 heteroatoms. The molecule has 3 rings (SSSR count). The first kappa shape index (κ1) is 20.7. The van der Waals surface area contributed by atoms with Crippen molar-refractivity contribution in [2.75, 3.05) is 19.7 Å². The summed E-state index contributed by atoms with van der Waals surface area (Å²) in [5.74, 6) is 0.785. The Bertz CT molecular complexity index is 829. The van der Waals surface area contributed by atoms with E-state index in [9.17, 15) is 4.79 Å². The summed E-state index contributed by atoms with van der Waals surface area (Å²) in [6, 6.07) is 12.2. The molecule has 1 aliphatic rings. The number of carbonyl (C=O) groups excluding carboxylic acids is 1. The number of rotatable bonds is 6. The van der Waals surface area contributed by atoms with Gasteiger partial charge >= 0.3 is 0 Å². The molecule has 1 amide bonds. The van der Waals surface area contributed by atoms with Crippen molar-refractivity contribution < 1.29 is 9.53 Å². The third-order valence-electron chi connectivity index (χ3n) is 5.25. The highest BCUT2D eigenvalue weighted by Crippen LogP contribution is 2.26. The Hall–Kier alpha value is -2.04. The van der Waals surface area contributed by atoms with Crippen molar-refractivity contribution in [1.82, 2.24) is 10.2 Å². The highest BCUT2D eigenvalue weighted by molar-refractivity contribution is 6.32. The maximum atomic E-state index is 12.6. The Morgan fingerprint density at radius 2 is 1.93 bits per heavy atom. The van der Waals surface area contributed by atoms with Crippen LogP contribution in [0.5, 0.6) is 5.75 Å². The number of benzene rings is 2. The number of ether oxygens (including phenoxy) is 1. The van der Waals surface area contributed by atoms with Crippen molar-refractivity contribution in [3.63, 3.8) is 0 Å². The van der Waals surface area contributed by atoms with E-state index in [1.807, 2.05) is 45.0 Å². The molecule has 1 N–H and O–H groups in total. The lowest BCUT2D eigenvalue weighted by atomic mass is 10.0. The molecule has 28 heavy (non-hydrogen) atoms. The number of hydrogen-bond acceptors (Lipinski definition) is 3. The molecule has 0 unspecified atom stereocenters. The molecule has 0 aliphatic carbocycles. The first-order valence-corrected chi connectivity index (χ1v) is 10.4. The molecule has 1 fully saturated rings. The van der Waals surface area contributed by atoms with Crippen LogP contribution in [0, 0.1) is 13.8 Å². The second-order valence-corrected chi connectivity index (χ2v) is 7.95. The highest BCUT2D eigenvalue weighted by atomic mass is 35.5.